The number of nitrogens with one attached hydrogen (secondary N) is 4. The molecule has 0 unspecified atom stereocenters. The van der Waals surface area contributed by atoms with Gasteiger partial charge in [-0.1, -0.05) is 43.5 Å². The molecule has 0 saturated heterocycles. The maximum Gasteiger partial charge on any atom is 0.225 e. The number of hydrogen-bond acceptors (Lipinski definition) is 7. The molecule has 1 aliphatic carbocycles. The van der Waals surface area contributed by atoms with Crippen LogP contribution in [-0.2, 0) is 13.1 Å². The van der Waals surface area contributed by atoms with Gasteiger partial charge in [-0.05, 0) is 56.8 Å². The summed E-state index contributed by atoms with van der Waals surface area (Å²) < 4.78 is 0. The molecule has 0 radical (unpaired) electrons. The molecule has 1 fully saturated rings. The minimum absolute atomic E-state index is 0.172. The van der Waals surface area contributed by atoms with Crippen molar-refractivity contribution in [2.45, 2.75) is 71.0 Å². The van der Waals surface area contributed by atoms with Gasteiger partial charge in [0.25, 0.3) is 0 Å². The van der Waals surface area contributed by atoms with Crippen molar-refractivity contribution in [2.75, 3.05) is 36.9 Å². The van der Waals surface area contributed by atoms with E-state index in [0.29, 0.717) is 25.5 Å². The molecule has 3 rings (SSSR count). The van der Waals surface area contributed by atoms with E-state index in [0.717, 1.165) is 37.2 Å². The van der Waals surface area contributed by atoms with E-state index in [9.17, 15) is 0 Å². The highest BCUT2D eigenvalue weighted by Crippen LogP contribution is 2.17. The molecule has 1 heterocycles. The predicted molar refractivity (Wildman–Crippen MR) is 132 cm³/mol. The summed E-state index contributed by atoms with van der Waals surface area (Å²) in [5.41, 5.74) is 3.41. The van der Waals surface area contributed by atoms with Crippen LogP contribution in [0.2, 0.25) is 0 Å². The van der Waals surface area contributed by atoms with Gasteiger partial charge in [-0.25, -0.2) is 4.98 Å². The van der Waals surface area contributed by atoms with Crippen LogP contribution >= 0.6 is 0 Å². The maximum absolute atomic E-state index is 8.92. The Morgan fingerprint density at radius 3 is 2.38 bits per heavy atom. The minimum Gasteiger partial charge on any atom is -0.396 e. The number of hydrogen-bond donors (Lipinski definition) is 5. The second kappa shape index (κ2) is 14.0. The second-order valence-corrected chi connectivity index (χ2v) is 8.71. The lowest BCUT2D eigenvalue weighted by molar-refractivity contribution is 0.292. The van der Waals surface area contributed by atoms with Crippen LogP contribution in [0.25, 0.3) is 0 Å². The zero-order valence-corrected chi connectivity index (χ0v) is 19.5. The highest BCUT2D eigenvalue weighted by Gasteiger charge is 2.11. The van der Waals surface area contributed by atoms with Gasteiger partial charge in [0.15, 0.2) is 0 Å². The van der Waals surface area contributed by atoms with E-state index < -0.39 is 0 Å². The number of anilines is 2. The van der Waals surface area contributed by atoms with Crippen molar-refractivity contribution in [3.05, 3.63) is 47.2 Å². The standard InChI is InChI=1S/C25H40N6O/c1-20-17-24(28-15-6-16-32)31-25(30-20)29-19-22-11-9-21(10-12-22)18-26-13-5-14-27-23-7-3-2-4-8-23/h9-12,17,23,26-27,32H,2-8,13-16,18-19H2,1H3,(H2,28,29,30,31). The number of aryl methyl sites for hydroxylation is 1. The van der Waals surface area contributed by atoms with E-state index in [1.165, 1.54) is 49.7 Å². The number of aliphatic hydroxyl groups is 1. The van der Waals surface area contributed by atoms with Crippen LogP contribution in [0.3, 0.4) is 0 Å². The third-order valence-electron chi connectivity index (χ3n) is 5.87. The molecule has 2 aromatic rings. The summed E-state index contributed by atoms with van der Waals surface area (Å²) in [6.45, 7) is 6.56. The third-order valence-corrected chi connectivity index (χ3v) is 5.87. The van der Waals surface area contributed by atoms with Crippen LogP contribution in [0.15, 0.2) is 30.3 Å². The number of aromatic nitrogens is 2. The topological polar surface area (TPSA) is 94.1 Å². The fourth-order valence-electron chi connectivity index (χ4n) is 4.05. The summed E-state index contributed by atoms with van der Waals surface area (Å²) in [7, 11) is 0. The fraction of sp³-hybridized carbons (Fsp3) is 0.600. The van der Waals surface area contributed by atoms with Crippen molar-refractivity contribution in [1.82, 2.24) is 20.6 Å². The van der Waals surface area contributed by atoms with Crippen molar-refractivity contribution in [3.8, 4) is 0 Å². The van der Waals surface area contributed by atoms with Crippen LogP contribution in [0, 0.1) is 6.92 Å². The lowest BCUT2D eigenvalue weighted by Crippen LogP contribution is -2.33. The molecule has 7 nitrogen and oxygen atoms in total. The summed E-state index contributed by atoms with van der Waals surface area (Å²) >= 11 is 0. The molecule has 5 N–H and O–H groups in total. The van der Waals surface area contributed by atoms with Gasteiger partial charge in [0.1, 0.15) is 5.82 Å². The summed E-state index contributed by atoms with van der Waals surface area (Å²) in [5, 5.41) is 22.7. The largest absolute Gasteiger partial charge is 0.396 e. The van der Waals surface area contributed by atoms with Crippen molar-refractivity contribution in [3.63, 3.8) is 0 Å². The van der Waals surface area contributed by atoms with Crippen LogP contribution in [0.1, 0.15) is 61.8 Å². The summed E-state index contributed by atoms with van der Waals surface area (Å²) in [6.07, 6.45) is 8.78. The average Bonchev–Trinajstić information content (AvgIpc) is 2.81. The van der Waals surface area contributed by atoms with Crippen LogP contribution < -0.4 is 21.3 Å². The zero-order valence-electron chi connectivity index (χ0n) is 19.5. The Morgan fingerprint density at radius 1 is 0.875 bits per heavy atom. The normalized spacial score (nSPS) is 14.4. The van der Waals surface area contributed by atoms with Crippen molar-refractivity contribution < 1.29 is 5.11 Å². The van der Waals surface area contributed by atoms with Crippen molar-refractivity contribution in [1.29, 1.82) is 0 Å². The highest BCUT2D eigenvalue weighted by atomic mass is 16.3. The van der Waals surface area contributed by atoms with Gasteiger partial charge in [0.05, 0.1) is 0 Å². The first kappa shape index (κ1) is 24.4. The van der Waals surface area contributed by atoms with E-state index in [-0.39, 0.29) is 6.61 Å². The van der Waals surface area contributed by atoms with E-state index in [2.05, 4.69) is 55.5 Å². The molecule has 1 aliphatic rings. The maximum atomic E-state index is 8.92. The Kier molecular flexibility index (Phi) is 10.7. The molecule has 0 spiro atoms. The molecule has 176 valence electrons. The monoisotopic (exact) mass is 440 g/mol. The zero-order chi connectivity index (χ0) is 22.4. The summed E-state index contributed by atoms with van der Waals surface area (Å²) in [6, 6.07) is 11.3. The Hall–Kier alpha value is -2.22. The molecule has 32 heavy (non-hydrogen) atoms. The van der Waals surface area contributed by atoms with Gasteiger partial charge >= 0.3 is 0 Å². The van der Waals surface area contributed by atoms with Gasteiger partial charge in [0, 0.05) is 44.0 Å². The quantitative estimate of drug-likeness (QED) is 0.287. The number of nitrogens with zero attached hydrogens (tertiary/aromatic N) is 2. The Labute approximate surface area is 192 Å². The van der Waals surface area contributed by atoms with E-state index in [4.69, 9.17) is 5.11 Å². The Morgan fingerprint density at radius 2 is 1.62 bits per heavy atom. The predicted octanol–water partition coefficient (Wildman–Crippen LogP) is 3.59. The van der Waals surface area contributed by atoms with Gasteiger partial charge < -0.3 is 26.4 Å². The van der Waals surface area contributed by atoms with E-state index >= 15 is 0 Å². The minimum atomic E-state index is 0.172. The average molecular weight is 441 g/mol. The lowest BCUT2D eigenvalue weighted by Gasteiger charge is -2.22. The number of rotatable bonds is 14. The molecule has 1 saturated carbocycles. The van der Waals surface area contributed by atoms with Gasteiger partial charge in [0.2, 0.25) is 5.95 Å². The highest BCUT2D eigenvalue weighted by molar-refractivity contribution is 5.42. The van der Waals surface area contributed by atoms with Gasteiger partial charge in [-0.3, -0.25) is 0 Å². The Balaban J connectivity index is 1.33. The van der Waals surface area contributed by atoms with Crippen molar-refractivity contribution in [2.24, 2.45) is 0 Å². The SMILES string of the molecule is Cc1cc(NCCCO)nc(NCc2ccc(CNCCCNC3CCCCC3)cc2)n1. The fourth-order valence-corrected chi connectivity index (χ4v) is 4.05. The lowest BCUT2D eigenvalue weighted by atomic mass is 9.95. The summed E-state index contributed by atoms with van der Waals surface area (Å²) in [5.74, 6) is 1.40. The summed E-state index contributed by atoms with van der Waals surface area (Å²) in [4.78, 5) is 8.97. The van der Waals surface area contributed by atoms with Crippen LogP contribution in [-0.4, -0.2) is 47.4 Å². The molecule has 1 aromatic carbocycles. The second-order valence-electron chi connectivity index (χ2n) is 8.71. The molecule has 0 aliphatic heterocycles. The molecule has 7 heteroatoms. The Bertz CT molecular complexity index is 777. The molecular formula is C25H40N6O. The van der Waals surface area contributed by atoms with Crippen molar-refractivity contribution >= 4 is 11.8 Å². The molecule has 0 atom stereocenters. The smallest absolute Gasteiger partial charge is 0.225 e. The van der Waals surface area contributed by atoms with E-state index in [1.54, 1.807) is 0 Å². The first-order valence-electron chi connectivity index (χ1n) is 12.2. The first-order valence-corrected chi connectivity index (χ1v) is 12.2. The molecule has 1 aromatic heterocycles. The number of aliphatic hydroxyl groups excluding tert-OH is 1. The van der Waals surface area contributed by atoms with Crippen LogP contribution in [0.5, 0.6) is 0 Å². The number of benzene rings is 1. The molecule has 0 amide bonds. The van der Waals surface area contributed by atoms with Crippen LogP contribution in [0.4, 0.5) is 11.8 Å². The van der Waals surface area contributed by atoms with Gasteiger partial charge in [-0.2, -0.15) is 4.98 Å². The van der Waals surface area contributed by atoms with Gasteiger partial charge in [-0.15, -0.1) is 0 Å². The molecular weight excluding hydrogens is 400 g/mol. The first-order chi connectivity index (χ1) is 15.7. The molecule has 0 bridgehead atoms. The van der Waals surface area contributed by atoms with E-state index in [1.807, 2.05) is 13.0 Å². The third kappa shape index (κ3) is 9.10.